The highest BCUT2D eigenvalue weighted by Gasteiger charge is 2.34. The molecule has 0 saturated heterocycles. The lowest BCUT2D eigenvalue weighted by molar-refractivity contribution is -0.142. The van der Waals surface area contributed by atoms with E-state index in [-0.39, 0.29) is 11.9 Å². The highest BCUT2D eigenvalue weighted by molar-refractivity contribution is 5.95. The molecule has 6 heteroatoms. The van der Waals surface area contributed by atoms with Gasteiger partial charge in [0.2, 0.25) is 0 Å². The molecule has 0 radical (unpaired) electrons. The largest absolute Gasteiger partial charge is 0.481 e. The molecule has 1 aliphatic carbocycles. The van der Waals surface area contributed by atoms with Gasteiger partial charge in [-0.3, -0.25) is 14.3 Å². The Morgan fingerprint density at radius 3 is 2.68 bits per heavy atom. The summed E-state index contributed by atoms with van der Waals surface area (Å²) >= 11 is 0. The fourth-order valence-corrected chi connectivity index (χ4v) is 3.32. The van der Waals surface area contributed by atoms with Crippen LogP contribution in [0.3, 0.4) is 0 Å². The van der Waals surface area contributed by atoms with Gasteiger partial charge in [0.1, 0.15) is 0 Å². The molecule has 2 rings (SSSR count). The Morgan fingerprint density at radius 2 is 2.09 bits per heavy atom. The molecule has 2 N–H and O–H groups in total. The van der Waals surface area contributed by atoms with E-state index in [9.17, 15) is 14.7 Å². The highest BCUT2D eigenvalue weighted by atomic mass is 16.4. The van der Waals surface area contributed by atoms with Gasteiger partial charge in [-0.05, 0) is 32.6 Å². The fraction of sp³-hybridized carbons (Fsp3) is 0.688. The van der Waals surface area contributed by atoms with Crippen LogP contribution in [0.25, 0.3) is 0 Å². The summed E-state index contributed by atoms with van der Waals surface area (Å²) in [5, 5.41) is 16.4. The second kappa shape index (κ2) is 6.94. The van der Waals surface area contributed by atoms with E-state index in [1.807, 2.05) is 11.6 Å². The second-order valence-electron chi connectivity index (χ2n) is 6.01. The molecule has 0 bridgehead atoms. The molecule has 0 aromatic carbocycles. The standard InChI is InChI=1S/C16H25N3O3/c1-4-11(5-2)19-10(3)13(9-17-19)15(20)18-14-8-6-7-12(14)16(21)22/h9,11-12,14H,4-8H2,1-3H3,(H,18,20)(H,21,22)/t12-,14+/m0/s1. The number of nitrogens with zero attached hydrogens (tertiary/aromatic N) is 2. The highest BCUT2D eigenvalue weighted by Crippen LogP contribution is 2.26. The van der Waals surface area contributed by atoms with Crippen molar-refractivity contribution in [2.24, 2.45) is 5.92 Å². The summed E-state index contributed by atoms with van der Waals surface area (Å²) in [6.07, 6.45) is 5.71. The van der Waals surface area contributed by atoms with Gasteiger partial charge in [-0.25, -0.2) is 0 Å². The van der Waals surface area contributed by atoms with E-state index in [0.29, 0.717) is 18.0 Å². The molecule has 1 aromatic rings. The zero-order valence-corrected chi connectivity index (χ0v) is 13.5. The number of hydrogen-bond donors (Lipinski definition) is 2. The zero-order chi connectivity index (χ0) is 16.3. The SMILES string of the molecule is CCC(CC)n1ncc(C(=O)N[C@@H]2CCC[C@@H]2C(=O)O)c1C. The molecule has 1 heterocycles. The Hall–Kier alpha value is -1.85. The summed E-state index contributed by atoms with van der Waals surface area (Å²) in [4.78, 5) is 23.6. The number of aromatic nitrogens is 2. The number of rotatable bonds is 6. The minimum absolute atomic E-state index is 0.215. The van der Waals surface area contributed by atoms with Gasteiger partial charge in [0.25, 0.3) is 5.91 Å². The number of amides is 1. The van der Waals surface area contributed by atoms with Crippen LogP contribution in [0.15, 0.2) is 6.20 Å². The summed E-state index contributed by atoms with van der Waals surface area (Å²) in [7, 11) is 0. The van der Waals surface area contributed by atoms with Crippen molar-refractivity contribution in [3.63, 3.8) is 0 Å². The maximum absolute atomic E-state index is 12.4. The molecule has 6 nitrogen and oxygen atoms in total. The van der Waals surface area contributed by atoms with Crippen LogP contribution in [0.4, 0.5) is 0 Å². The van der Waals surface area contributed by atoms with E-state index in [4.69, 9.17) is 0 Å². The Labute approximate surface area is 130 Å². The molecule has 122 valence electrons. The summed E-state index contributed by atoms with van der Waals surface area (Å²) in [6, 6.07) is 0.0145. The Kier molecular flexibility index (Phi) is 5.21. The van der Waals surface area contributed by atoms with Gasteiger partial charge in [0.15, 0.2) is 0 Å². The molecule has 1 saturated carbocycles. The van der Waals surface area contributed by atoms with Crippen LogP contribution in [-0.4, -0.2) is 32.8 Å². The molecule has 0 spiro atoms. The number of aliphatic carboxylic acids is 1. The lowest BCUT2D eigenvalue weighted by Gasteiger charge is -2.18. The van der Waals surface area contributed by atoms with E-state index in [1.165, 1.54) is 0 Å². The van der Waals surface area contributed by atoms with Crippen molar-refractivity contribution in [3.05, 3.63) is 17.5 Å². The smallest absolute Gasteiger partial charge is 0.308 e. The maximum atomic E-state index is 12.4. The van der Waals surface area contributed by atoms with Crippen molar-refractivity contribution in [2.75, 3.05) is 0 Å². The van der Waals surface area contributed by atoms with Crippen LogP contribution in [0.2, 0.25) is 0 Å². The zero-order valence-electron chi connectivity index (χ0n) is 13.5. The molecule has 1 aliphatic rings. The number of carbonyl (C=O) groups is 2. The minimum Gasteiger partial charge on any atom is -0.481 e. The minimum atomic E-state index is -0.827. The van der Waals surface area contributed by atoms with Crippen molar-refractivity contribution < 1.29 is 14.7 Å². The first-order valence-corrected chi connectivity index (χ1v) is 8.07. The van der Waals surface area contributed by atoms with E-state index in [2.05, 4.69) is 24.3 Å². The predicted molar refractivity (Wildman–Crippen MR) is 82.8 cm³/mol. The van der Waals surface area contributed by atoms with Crippen LogP contribution in [0, 0.1) is 12.8 Å². The predicted octanol–water partition coefficient (Wildman–Crippen LogP) is 2.54. The number of carboxylic acids is 1. The molecule has 22 heavy (non-hydrogen) atoms. The third kappa shape index (κ3) is 3.15. The van der Waals surface area contributed by atoms with Crippen LogP contribution in [0.1, 0.15) is 68.0 Å². The molecule has 0 unspecified atom stereocenters. The number of hydrogen-bond acceptors (Lipinski definition) is 3. The van der Waals surface area contributed by atoms with Crippen molar-refractivity contribution >= 4 is 11.9 Å². The maximum Gasteiger partial charge on any atom is 0.308 e. The van der Waals surface area contributed by atoms with Gasteiger partial charge < -0.3 is 10.4 Å². The summed E-state index contributed by atoms with van der Waals surface area (Å²) in [5.74, 6) is -1.52. The van der Waals surface area contributed by atoms with Crippen LogP contribution in [0.5, 0.6) is 0 Å². The summed E-state index contributed by atoms with van der Waals surface area (Å²) < 4.78 is 1.90. The van der Waals surface area contributed by atoms with Crippen molar-refractivity contribution in [3.8, 4) is 0 Å². The normalized spacial score (nSPS) is 21.3. The molecule has 0 aliphatic heterocycles. The second-order valence-corrected chi connectivity index (χ2v) is 6.01. The first-order chi connectivity index (χ1) is 10.5. The fourth-order valence-electron chi connectivity index (χ4n) is 3.32. The molecule has 1 aromatic heterocycles. The quantitative estimate of drug-likeness (QED) is 0.846. The monoisotopic (exact) mass is 307 g/mol. The lowest BCUT2D eigenvalue weighted by atomic mass is 10.0. The van der Waals surface area contributed by atoms with Crippen LogP contribution in [-0.2, 0) is 4.79 Å². The van der Waals surface area contributed by atoms with Gasteiger partial charge in [0, 0.05) is 11.7 Å². The van der Waals surface area contributed by atoms with Gasteiger partial charge in [-0.15, -0.1) is 0 Å². The Balaban J connectivity index is 2.12. The number of carbonyl (C=O) groups excluding carboxylic acids is 1. The third-order valence-electron chi connectivity index (χ3n) is 4.73. The van der Waals surface area contributed by atoms with Crippen LogP contribution < -0.4 is 5.32 Å². The molecular formula is C16H25N3O3. The van der Waals surface area contributed by atoms with Crippen molar-refractivity contribution in [1.82, 2.24) is 15.1 Å². The van der Waals surface area contributed by atoms with Gasteiger partial charge >= 0.3 is 5.97 Å². The van der Waals surface area contributed by atoms with Crippen molar-refractivity contribution in [2.45, 2.75) is 65.0 Å². The van der Waals surface area contributed by atoms with E-state index in [1.54, 1.807) is 6.20 Å². The average molecular weight is 307 g/mol. The van der Waals surface area contributed by atoms with E-state index in [0.717, 1.165) is 31.4 Å². The summed E-state index contributed by atoms with van der Waals surface area (Å²) in [6.45, 7) is 6.10. The van der Waals surface area contributed by atoms with E-state index < -0.39 is 11.9 Å². The topological polar surface area (TPSA) is 84.2 Å². The molecule has 1 amide bonds. The summed E-state index contributed by atoms with van der Waals surface area (Å²) in [5.41, 5.74) is 1.39. The number of carboxylic acid groups (broad SMARTS) is 1. The Bertz CT molecular complexity index is 549. The van der Waals surface area contributed by atoms with E-state index >= 15 is 0 Å². The van der Waals surface area contributed by atoms with Gasteiger partial charge in [-0.1, -0.05) is 20.3 Å². The first-order valence-electron chi connectivity index (χ1n) is 8.07. The molecule has 1 fully saturated rings. The first kappa shape index (κ1) is 16.5. The molecule has 2 atom stereocenters. The number of nitrogens with one attached hydrogen (secondary N) is 1. The molecular weight excluding hydrogens is 282 g/mol. The van der Waals surface area contributed by atoms with Gasteiger partial charge in [0.05, 0.1) is 23.7 Å². The Morgan fingerprint density at radius 1 is 1.41 bits per heavy atom. The average Bonchev–Trinajstić information content (AvgIpc) is 3.08. The van der Waals surface area contributed by atoms with Gasteiger partial charge in [-0.2, -0.15) is 5.10 Å². The lowest BCUT2D eigenvalue weighted by Crippen LogP contribution is -2.40. The van der Waals surface area contributed by atoms with Crippen molar-refractivity contribution in [1.29, 1.82) is 0 Å². The van der Waals surface area contributed by atoms with Crippen LogP contribution >= 0.6 is 0 Å². The third-order valence-corrected chi connectivity index (χ3v) is 4.73.